The van der Waals surface area contributed by atoms with Gasteiger partial charge in [0, 0.05) is 56.0 Å². The number of hydrogen-bond donors (Lipinski definition) is 1. The van der Waals surface area contributed by atoms with Crippen LogP contribution in [-0.2, 0) is 23.4 Å². The molecule has 1 aliphatic carbocycles. The molecule has 1 atom stereocenters. The van der Waals surface area contributed by atoms with E-state index in [1.54, 1.807) is 6.07 Å². The molecule has 174 valence electrons. The highest BCUT2D eigenvalue weighted by atomic mass is 32.2. The Morgan fingerprint density at radius 3 is 2.67 bits per heavy atom. The average Bonchev–Trinajstić information content (AvgIpc) is 3.57. The molecule has 1 saturated carbocycles. The number of nitrogens with zero attached hydrogens (tertiary/aromatic N) is 4. The molecule has 1 amide bonds. The molecule has 3 heterocycles. The van der Waals surface area contributed by atoms with E-state index in [1.165, 1.54) is 18.5 Å². The summed E-state index contributed by atoms with van der Waals surface area (Å²) in [6.45, 7) is 1.69. The predicted octanol–water partition coefficient (Wildman–Crippen LogP) is 2.36. The summed E-state index contributed by atoms with van der Waals surface area (Å²) in [6.07, 6.45) is 7.06. The van der Waals surface area contributed by atoms with Gasteiger partial charge in [0.1, 0.15) is 5.82 Å². The van der Waals surface area contributed by atoms with Crippen molar-refractivity contribution in [3.63, 3.8) is 0 Å². The molecule has 1 unspecified atom stereocenters. The van der Waals surface area contributed by atoms with E-state index in [0.717, 1.165) is 17.7 Å². The summed E-state index contributed by atoms with van der Waals surface area (Å²) in [5, 5.41) is 7.57. The number of rotatable bonds is 6. The van der Waals surface area contributed by atoms with Crippen LogP contribution < -0.4 is 5.32 Å². The third-order valence-electron chi connectivity index (χ3n) is 6.54. The largest absolute Gasteiger partial charge is 0.307 e. The van der Waals surface area contributed by atoms with E-state index in [0.29, 0.717) is 36.9 Å². The second kappa shape index (κ2) is 8.87. The fourth-order valence-corrected chi connectivity index (χ4v) is 5.69. The smallest absolute Gasteiger partial charge is 0.256 e. The maximum absolute atomic E-state index is 12.8. The van der Waals surface area contributed by atoms with E-state index in [4.69, 9.17) is 0 Å². The minimum Gasteiger partial charge on any atom is -0.307 e. The summed E-state index contributed by atoms with van der Waals surface area (Å²) < 4.78 is 25.2. The van der Waals surface area contributed by atoms with Gasteiger partial charge in [0.05, 0.1) is 17.2 Å². The number of carbonyl (C=O) groups excluding carboxylic acids is 1. The summed E-state index contributed by atoms with van der Waals surface area (Å²) in [6, 6.07) is 9.66. The van der Waals surface area contributed by atoms with Gasteiger partial charge >= 0.3 is 0 Å². The molecule has 2 fully saturated rings. The molecule has 0 bridgehead atoms. The maximum atomic E-state index is 12.8. The molecule has 0 radical (unpaired) electrons. The summed E-state index contributed by atoms with van der Waals surface area (Å²) in [7, 11) is -0.901. The number of aliphatic imine (C=N–C) groups is 1. The van der Waals surface area contributed by atoms with Crippen LogP contribution in [0.25, 0.3) is 0 Å². The van der Waals surface area contributed by atoms with Crippen molar-refractivity contribution in [2.75, 3.05) is 24.6 Å². The predicted molar refractivity (Wildman–Crippen MR) is 127 cm³/mol. The Morgan fingerprint density at radius 1 is 1.18 bits per heavy atom. The van der Waals surface area contributed by atoms with Gasteiger partial charge in [0.25, 0.3) is 5.91 Å². The number of sulfone groups is 1. The van der Waals surface area contributed by atoms with Crippen molar-refractivity contribution >= 4 is 22.0 Å². The van der Waals surface area contributed by atoms with Crippen molar-refractivity contribution in [2.24, 2.45) is 12.0 Å². The average molecular weight is 468 g/mol. The first-order valence-corrected chi connectivity index (χ1v) is 13.3. The third-order valence-corrected chi connectivity index (χ3v) is 8.15. The zero-order chi connectivity index (χ0) is 23.0. The van der Waals surface area contributed by atoms with Crippen LogP contribution in [0.1, 0.15) is 58.4 Å². The Labute approximate surface area is 194 Å². The van der Waals surface area contributed by atoms with Crippen LogP contribution in [0.3, 0.4) is 0 Å². The quantitative estimate of drug-likeness (QED) is 0.704. The zero-order valence-corrected chi connectivity index (χ0v) is 19.6. The highest BCUT2D eigenvalue weighted by Crippen LogP contribution is 2.40. The highest BCUT2D eigenvalue weighted by molar-refractivity contribution is 7.91. The lowest BCUT2D eigenvalue weighted by molar-refractivity contribution is 0.0965. The summed E-state index contributed by atoms with van der Waals surface area (Å²) in [4.78, 5) is 19.4. The lowest BCUT2D eigenvalue weighted by Gasteiger charge is -2.26. The van der Waals surface area contributed by atoms with E-state index in [-0.39, 0.29) is 23.3 Å². The Morgan fingerprint density at radius 2 is 1.97 bits per heavy atom. The van der Waals surface area contributed by atoms with Crippen LogP contribution in [0.4, 0.5) is 0 Å². The lowest BCUT2D eigenvalue weighted by atomic mass is 10.0. The molecule has 5 rings (SSSR count). The molecule has 3 aliphatic rings. The van der Waals surface area contributed by atoms with Crippen LogP contribution in [-0.4, -0.2) is 59.8 Å². The number of amides is 1. The van der Waals surface area contributed by atoms with E-state index < -0.39 is 9.84 Å². The topological polar surface area (TPSA) is 96.7 Å². The van der Waals surface area contributed by atoms with Gasteiger partial charge in [-0.1, -0.05) is 12.1 Å². The minimum atomic E-state index is -2.90. The molecule has 1 saturated heterocycles. The van der Waals surface area contributed by atoms with E-state index >= 15 is 0 Å². The lowest BCUT2D eigenvalue weighted by Crippen LogP contribution is -2.39. The first-order valence-electron chi connectivity index (χ1n) is 11.5. The second-order valence-electron chi connectivity index (χ2n) is 9.18. The van der Waals surface area contributed by atoms with Crippen LogP contribution in [0, 0.1) is 0 Å². The van der Waals surface area contributed by atoms with Gasteiger partial charge in [0.2, 0.25) is 0 Å². The van der Waals surface area contributed by atoms with E-state index in [2.05, 4.69) is 26.4 Å². The SMILES string of the molecule is Cn1nc(C2C=NC(NC(=O)c3cccc(CN4CCS(=O)(=O)CC4)c3)=CC2)cc1C1CC1. The number of nitrogens with one attached hydrogen (secondary N) is 1. The summed E-state index contributed by atoms with van der Waals surface area (Å²) in [5.74, 6) is 1.53. The van der Waals surface area contributed by atoms with Crippen LogP contribution in [0.5, 0.6) is 0 Å². The third kappa shape index (κ3) is 5.25. The molecular weight excluding hydrogens is 438 g/mol. The molecule has 1 aromatic heterocycles. The molecule has 9 heteroatoms. The van der Waals surface area contributed by atoms with E-state index in [1.807, 2.05) is 42.2 Å². The molecule has 33 heavy (non-hydrogen) atoms. The Balaban J connectivity index is 1.18. The Kier molecular flexibility index (Phi) is 5.92. The van der Waals surface area contributed by atoms with Crippen LogP contribution >= 0.6 is 0 Å². The molecule has 1 aromatic carbocycles. The highest BCUT2D eigenvalue weighted by Gasteiger charge is 2.28. The molecule has 8 nitrogen and oxygen atoms in total. The number of carbonyl (C=O) groups is 1. The zero-order valence-electron chi connectivity index (χ0n) is 18.8. The van der Waals surface area contributed by atoms with Gasteiger partial charge in [-0.3, -0.25) is 14.4 Å². The number of allylic oxidation sites excluding steroid dienone is 1. The standard InChI is InChI=1S/C24H29N5O3S/c1-28-22(18-5-6-18)14-21(27-28)20-7-8-23(25-15-20)26-24(30)19-4-2-3-17(13-19)16-29-9-11-33(31,32)12-10-29/h2-4,8,13-15,18,20H,5-7,9-12,16H2,1H3,(H,26,30). The first kappa shape index (κ1) is 22.0. The fraction of sp³-hybridized carbons (Fsp3) is 0.458. The van der Waals surface area contributed by atoms with Gasteiger partial charge in [-0.05, 0) is 49.1 Å². The first-order chi connectivity index (χ1) is 15.9. The Bertz CT molecular complexity index is 1210. The van der Waals surface area contributed by atoms with Crippen LogP contribution in [0.2, 0.25) is 0 Å². The van der Waals surface area contributed by atoms with Crippen LogP contribution in [0.15, 0.2) is 47.2 Å². The summed E-state index contributed by atoms with van der Waals surface area (Å²) in [5.41, 5.74) is 3.88. The van der Waals surface area contributed by atoms with Crippen molar-refractivity contribution in [1.82, 2.24) is 20.0 Å². The van der Waals surface area contributed by atoms with Crippen molar-refractivity contribution in [3.05, 3.63) is 64.7 Å². The molecule has 0 spiro atoms. The number of aryl methyl sites for hydroxylation is 1. The van der Waals surface area contributed by atoms with Gasteiger partial charge in [-0.2, -0.15) is 5.10 Å². The van der Waals surface area contributed by atoms with Gasteiger partial charge in [-0.25, -0.2) is 13.4 Å². The van der Waals surface area contributed by atoms with Gasteiger partial charge in [-0.15, -0.1) is 0 Å². The monoisotopic (exact) mass is 467 g/mol. The van der Waals surface area contributed by atoms with Gasteiger partial charge < -0.3 is 5.32 Å². The number of hydrogen-bond acceptors (Lipinski definition) is 6. The molecular formula is C24H29N5O3S. The Hall–Kier alpha value is -2.78. The van der Waals surface area contributed by atoms with Crippen molar-refractivity contribution in [3.8, 4) is 0 Å². The van der Waals surface area contributed by atoms with Gasteiger partial charge in [0.15, 0.2) is 9.84 Å². The van der Waals surface area contributed by atoms with E-state index in [9.17, 15) is 13.2 Å². The van der Waals surface area contributed by atoms with Crippen molar-refractivity contribution in [2.45, 2.75) is 37.6 Å². The molecule has 2 aliphatic heterocycles. The second-order valence-corrected chi connectivity index (χ2v) is 11.5. The fourth-order valence-electron chi connectivity index (χ4n) is 4.42. The van der Waals surface area contributed by atoms with Crippen molar-refractivity contribution in [1.29, 1.82) is 0 Å². The minimum absolute atomic E-state index is 0.126. The number of aromatic nitrogens is 2. The number of benzene rings is 1. The normalized spacial score (nSPS) is 22.7. The molecule has 2 aromatic rings. The van der Waals surface area contributed by atoms with Crippen molar-refractivity contribution < 1.29 is 13.2 Å². The summed E-state index contributed by atoms with van der Waals surface area (Å²) >= 11 is 0. The molecule has 1 N–H and O–H groups in total. The maximum Gasteiger partial charge on any atom is 0.256 e.